The number of allylic oxidation sites excluding steroid dienone is 2. The lowest BCUT2D eigenvalue weighted by Crippen LogP contribution is -2.31. The average molecular weight is 313 g/mol. The molecule has 0 aromatic carbocycles. The molecule has 1 aliphatic carbocycles. The predicted molar refractivity (Wildman–Crippen MR) is 93.3 cm³/mol. The summed E-state index contributed by atoms with van der Waals surface area (Å²) >= 11 is 0. The van der Waals surface area contributed by atoms with Gasteiger partial charge in [0.25, 0.3) is 0 Å². The van der Waals surface area contributed by atoms with Crippen LogP contribution in [0.15, 0.2) is 39.8 Å². The van der Waals surface area contributed by atoms with Crippen LogP contribution in [-0.4, -0.2) is 23.0 Å². The first-order valence-electron chi connectivity index (χ1n) is 7.79. The topological polar surface area (TPSA) is 122 Å². The van der Waals surface area contributed by atoms with Gasteiger partial charge in [0.1, 0.15) is 12.2 Å². The molecule has 0 radical (unpaired) electrons. The molecule has 0 saturated heterocycles. The molecule has 0 spiro atoms. The van der Waals surface area contributed by atoms with Crippen LogP contribution in [0, 0.1) is 11.8 Å². The highest BCUT2D eigenvalue weighted by Crippen LogP contribution is 2.40. The van der Waals surface area contributed by atoms with Crippen molar-refractivity contribution in [3.05, 3.63) is 35.4 Å². The number of fused-ring (bicyclic) bond motifs is 1. The Balaban J connectivity index is 1.87. The Morgan fingerprint density at radius 2 is 2.09 bits per heavy atom. The largest absolute Gasteiger partial charge is 0.386 e. The van der Waals surface area contributed by atoms with E-state index in [1.54, 1.807) is 6.34 Å². The molecule has 1 aromatic rings. The summed E-state index contributed by atoms with van der Waals surface area (Å²) in [6, 6.07) is 1.97. The number of hydrazine groups is 1. The maximum atomic E-state index is 6.11. The fraction of sp³-hybridized carbons (Fsp3) is 0.375. The number of hydrogen-bond donors (Lipinski definition) is 4. The molecule has 0 unspecified atom stereocenters. The lowest BCUT2D eigenvalue weighted by molar-refractivity contribution is 0.340. The third kappa shape index (κ3) is 3.00. The smallest absolute Gasteiger partial charge is 0.141 e. The number of hydrogen-bond acceptors (Lipinski definition) is 6. The molecule has 7 nitrogen and oxygen atoms in total. The van der Waals surface area contributed by atoms with Crippen molar-refractivity contribution in [2.24, 2.45) is 39.1 Å². The summed E-state index contributed by atoms with van der Waals surface area (Å²) < 4.78 is 0. The fourth-order valence-electron chi connectivity index (χ4n) is 3.47. The molecule has 122 valence electrons. The Bertz CT molecular complexity index is 670. The Hall–Kier alpha value is -2.54. The molecule has 2 aliphatic rings. The van der Waals surface area contributed by atoms with Gasteiger partial charge in [-0.25, -0.2) is 10.8 Å². The predicted octanol–water partition coefficient (Wildman–Crippen LogP) is 1.80. The minimum absolute atomic E-state index is 0.325. The first-order valence-corrected chi connectivity index (χ1v) is 7.79. The second-order valence-corrected chi connectivity index (χ2v) is 6.06. The molecular weight excluding hydrogens is 290 g/mol. The molecule has 7 N–H and O–H groups in total. The summed E-state index contributed by atoms with van der Waals surface area (Å²) in [5, 5.41) is 1.53. The quantitative estimate of drug-likeness (QED) is 0.502. The fourth-order valence-corrected chi connectivity index (χ4v) is 3.47. The van der Waals surface area contributed by atoms with Crippen molar-refractivity contribution < 1.29 is 0 Å². The summed E-state index contributed by atoms with van der Waals surface area (Å²) in [5.41, 5.74) is 13.9. The highest BCUT2D eigenvalue weighted by Gasteiger charge is 2.28. The van der Waals surface area contributed by atoms with Crippen molar-refractivity contribution in [1.82, 2.24) is 9.99 Å². The van der Waals surface area contributed by atoms with Crippen LogP contribution in [0.4, 0.5) is 5.82 Å². The summed E-state index contributed by atoms with van der Waals surface area (Å²) in [6.45, 7) is 3.77. The lowest BCUT2D eigenvalue weighted by atomic mass is 9.79. The number of aromatic amines is 1. The van der Waals surface area contributed by atoms with E-state index in [4.69, 9.17) is 17.3 Å². The summed E-state index contributed by atoms with van der Waals surface area (Å²) in [5.74, 6) is 8.08. The number of nitrogens with two attached hydrogens (primary N) is 3. The van der Waals surface area contributed by atoms with Gasteiger partial charge >= 0.3 is 0 Å². The van der Waals surface area contributed by atoms with Crippen molar-refractivity contribution >= 4 is 24.6 Å². The van der Waals surface area contributed by atoms with Gasteiger partial charge < -0.3 is 16.5 Å². The highest BCUT2D eigenvalue weighted by molar-refractivity contribution is 5.87. The summed E-state index contributed by atoms with van der Waals surface area (Å²) in [6.07, 6.45) is 9.50. The first kappa shape index (κ1) is 15.4. The minimum Gasteiger partial charge on any atom is -0.386 e. The molecule has 23 heavy (non-hydrogen) atoms. The van der Waals surface area contributed by atoms with Crippen LogP contribution in [0.3, 0.4) is 0 Å². The maximum Gasteiger partial charge on any atom is 0.141 e. The van der Waals surface area contributed by atoms with E-state index in [1.165, 1.54) is 5.01 Å². The van der Waals surface area contributed by atoms with Gasteiger partial charge in [0.05, 0.1) is 17.2 Å². The summed E-state index contributed by atoms with van der Waals surface area (Å²) in [7, 11) is 0. The minimum atomic E-state index is 0.325. The molecule has 1 aliphatic heterocycles. The van der Waals surface area contributed by atoms with E-state index >= 15 is 0 Å². The zero-order chi connectivity index (χ0) is 16.4. The normalized spacial score (nSPS) is 25.7. The van der Waals surface area contributed by atoms with Crippen molar-refractivity contribution in [2.45, 2.75) is 25.7 Å². The van der Waals surface area contributed by atoms with Gasteiger partial charge in [0.2, 0.25) is 0 Å². The van der Waals surface area contributed by atoms with Gasteiger partial charge in [-0.3, -0.25) is 10.0 Å². The van der Waals surface area contributed by atoms with Crippen LogP contribution in [0.5, 0.6) is 0 Å². The first-order chi connectivity index (χ1) is 11.1. The third-order valence-electron chi connectivity index (χ3n) is 4.55. The van der Waals surface area contributed by atoms with Crippen molar-refractivity contribution in [3.8, 4) is 0 Å². The maximum absolute atomic E-state index is 6.11. The van der Waals surface area contributed by atoms with Gasteiger partial charge in [0.15, 0.2) is 0 Å². The van der Waals surface area contributed by atoms with Gasteiger partial charge in [-0.1, -0.05) is 0 Å². The van der Waals surface area contributed by atoms with Crippen LogP contribution in [0.25, 0.3) is 5.70 Å². The standard InChI is InChI=1S/C16H23N7/c1-20-14(11-4-2-10(3-5-11)8-13(17)18)15-12-6-7-21-16(12)22-9-23(15)19/h6-11,21H,1-5,17-19H2/b15-14-. The zero-order valence-electron chi connectivity index (χ0n) is 13.1. The molecule has 0 amide bonds. The van der Waals surface area contributed by atoms with Crippen LogP contribution < -0.4 is 17.3 Å². The second-order valence-electron chi connectivity index (χ2n) is 6.06. The van der Waals surface area contributed by atoms with E-state index < -0.39 is 0 Å². The number of rotatable bonds is 3. The molecule has 0 atom stereocenters. The van der Waals surface area contributed by atoms with E-state index in [0.29, 0.717) is 17.7 Å². The molecule has 0 bridgehead atoms. The highest BCUT2D eigenvalue weighted by atomic mass is 15.4. The number of aromatic nitrogens is 1. The molecule has 2 heterocycles. The SMILES string of the molecule is C=N/C(=C1/c2cc[nH]c2N=CN1N)C1CCC(C=C(N)N)CC1. The second kappa shape index (κ2) is 6.29. The Morgan fingerprint density at radius 3 is 2.74 bits per heavy atom. The molecule has 1 saturated carbocycles. The summed E-state index contributed by atoms with van der Waals surface area (Å²) in [4.78, 5) is 11.7. The van der Waals surface area contributed by atoms with Gasteiger partial charge in [-0.2, -0.15) is 0 Å². The molecular formula is C16H23N7. The van der Waals surface area contributed by atoms with Crippen LogP contribution in [0.1, 0.15) is 31.2 Å². The van der Waals surface area contributed by atoms with Crippen molar-refractivity contribution in [2.75, 3.05) is 0 Å². The van der Waals surface area contributed by atoms with Crippen LogP contribution >= 0.6 is 0 Å². The zero-order valence-corrected chi connectivity index (χ0v) is 13.1. The number of H-pyrrole nitrogens is 1. The van der Waals surface area contributed by atoms with Gasteiger partial charge in [-0.05, 0) is 50.5 Å². The average Bonchev–Trinajstić information content (AvgIpc) is 2.99. The van der Waals surface area contributed by atoms with Crippen molar-refractivity contribution in [3.63, 3.8) is 0 Å². The molecule has 1 fully saturated rings. The van der Waals surface area contributed by atoms with E-state index in [9.17, 15) is 0 Å². The van der Waals surface area contributed by atoms with Crippen LogP contribution in [-0.2, 0) is 0 Å². The third-order valence-corrected chi connectivity index (χ3v) is 4.55. The molecule has 3 rings (SSSR count). The number of nitrogens with zero attached hydrogens (tertiary/aromatic N) is 3. The lowest BCUT2D eigenvalue weighted by Gasteiger charge is -2.31. The monoisotopic (exact) mass is 313 g/mol. The number of aliphatic imine (C=N–C) groups is 2. The van der Waals surface area contributed by atoms with E-state index in [-0.39, 0.29) is 0 Å². The van der Waals surface area contributed by atoms with Gasteiger partial charge in [-0.15, -0.1) is 0 Å². The number of nitrogens with one attached hydrogen (secondary N) is 1. The van der Waals surface area contributed by atoms with E-state index in [0.717, 1.165) is 48.5 Å². The molecule has 1 aromatic heterocycles. The van der Waals surface area contributed by atoms with E-state index in [2.05, 4.69) is 21.7 Å². The Morgan fingerprint density at radius 1 is 1.35 bits per heavy atom. The van der Waals surface area contributed by atoms with E-state index in [1.807, 2.05) is 18.3 Å². The van der Waals surface area contributed by atoms with Gasteiger partial charge in [0, 0.05) is 17.7 Å². The Labute approximate surface area is 135 Å². The molecule has 7 heteroatoms. The van der Waals surface area contributed by atoms with Crippen molar-refractivity contribution in [1.29, 1.82) is 0 Å². The Kier molecular flexibility index (Phi) is 4.20. The van der Waals surface area contributed by atoms with Crippen LogP contribution in [0.2, 0.25) is 0 Å².